The molecule has 42 heavy (non-hydrogen) atoms. The monoisotopic (exact) mass is 594 g/mol. The third-order valence-corrected chi connectivity index (χ3v) is 9.53. The van der Waals surface area contributed by atoms with Crippen molar-refractivity contribution in [3.8, 4) is 0 Å². The van der Waals surface area contributed by atoms with Crippen LogP contribution in [-0.4, -0.2) is 70.1 Å². The van der Waals surface area contributed by atoms with Crippen molar-refractivity contribution in [1.82, 2.24) is 0 Å². The summed E-state index contributed by atoms with van der Waals surface area (Å²) in [6, 6.07) is 0. The average molecular weight is 595 g/mol. The first kappa shape index (κ1) is 35.5. The molecule has 244 valence electrons. The van der Waals surface area contributed by atoms with E-state index in [1.165, 1.54) is 44.9 Å². The molecule has 3 rings (SSSR count). The summed E-state index contributed by atoms with van der Waals surface area (Å²) in [5.41, 5.74) is 0.606. The fourth-order valence-electron chi connectivity index (χ4n) is 6.93. The van der Waals surface area contributed by atoms with Crippen LogP contribution in [0.15, 0.2) is 11.6 Å². The van der Waals surface area contributed by atoms with Crippen molar-refractivity contribution in [3.63, 3.8) is 0 Å². The Balaban J connectivity index is 1.16. The molecule has 7 heteroatoms. The molecule has 3 aliphatic heterocycles. The lowest BCUT2D eigenvalue weighted by Gasteiger charge is -2.24. The second-order valence-electron chi connectivity index (χ2n) is 13.3. The number of carbonyl (C=O) groups excluding carboxylic acids is 1. The van der Waals surface area contributed by atoms with E-state index >= 15 is 0 Å². The van der Waals surface area contributed by atoms with Gasteiger partial charge in [0.15, 0.2) is 0 Å². The number of ether oxygens (including phenoxy) is 3. The summed E-state index contributed by atoms with van der Waals surface area (Å²) in [5, 5.41) is 31.6. The number of carbonyl (C=O) groups is 1. The molecule has 0 aromatic heterocycles. The number of hydrogen-bond acceptors (Lipinski definition) is 7. The zero-order valence-corrected chi connectivity index (χ0v) is 26.7. The van der Waals surface area contributed by atoms with Gasteiger partial charge in [-0.1, -0.05) is 96.8 Å². The van der Waals surface area contributed by atoms with E-state index in [-0.39, 0.29) is 42.6 Å². The molecule has 2 saturated heterocycles. The van der Waals surface area contributed by atoms with E-state index < -0.39 is 12.2 Å². The van der Waals surface area contributed by atoms with E-state index in [9.17, 15) is 20.1 Å². The Morgan fingerprint density at radius 1 is 0.690 bits per heavy atom. The molecule has 0 radical (unpaired) electrons. The van der Waals surface area contributed by atoms with E-state index in [2.05, 4.69) is 6.92 Å². The average Bonchev–Trinajstić information content (AvgIpc) is 3.72. The highest BCUT2D eigenvalue weighted by molar-refractivity contribution is 5.90. The number of rotatable bonds is 23. The van der Waals surface area contributed by atoms with Gasteiger partial charge in [0, 0.05) is 12.0 Å². The van der Waals surface area contributed by atoms with Crippen LogP contribution in [0.4, 0.5) is 0 Å². The topological polar surface area (TPSA) is 105 Å². The SMILES string of the molecule is CCCCCCCCCC[C@H](O)[C@@H]1CC[C@@H]([C@H]2CC[C@H]([C@H](O)CCCCCCCC[C@@H](O)CC3=CC(C)OC3=O)O2)O1. The van der Waals surface area contributed by atoms with Crippen LogP contribution in [0.5, 0.6) is 0 Å². The molecule has 0 bridgehead atoms. The Morgan fingerprint density at radius 3 is 1.60 bits per heavy atom. The Kier molecular flexibility index (Phi) is 17.0. The maximum atomic E-state index is 11.7. The smallest absolute Gasteiger partial charge is 0.334 e. The van der Waals surface area contributed by atoms with Crippen molar-refractivity contribution >= 4 is 5.97 Å². The van der Waals surface area contributed by atoms with Crippen LogP contribution in [0.1, 0.15) is 155 Å². The number of cyclic esters (lactones) is 1. The zero-order valence-electron chi connectivity index (χ0n) is 26.7. The molecule has 0 spiro atoms. The molecule has 3 N–H and O–H groups in total. The Bertz CT molecular complexity index is 770. The van der Waals surface area contributed by atoms with Crippen LogP contribution >= 0.6 is 0 Å². The number of esters is 1. The molecule has 3 aliphatic rings. The molecule has 7 nitrogen and oxygen atoms in total. The van der Waals surface area contributed by atoms with E-state index in [1.807, 2.05) is 6.92 Å². The molecule has 3 heterocycles. The molecular weight excluding hydrogens is 532 g/mol. The summed E-state index contributed by atoms with van der Waals surface area (Å²) < 4.78 is 17.6. The van der Waals surface area contributed by atoms with Gasteiger partial charge in [0.2, 0.25) is 0 Å². The fraction of sp³-hybridized carbons (Fsp3) is 0.914. The minimum absolute atomic E-state index is 0.0410. The summed E-state index contributed by atoms with van der Waals surface area (Å²) in [6.07, 6.45) is 23.2. The van der Waals surface area contributed by atoms with E-state index in [0.717, 1.165) is 83.5 Å². The third-order valence-electron chi connectivity index (χ3n) is 9.53. The maximum absolute atomic E-state index is 11.7. The molecule has 1 unspecified atom stereocenters. The third kappa shape index (κ3) is 12.9. The second kappa shape index (κ2) is 20.1. The normalized spacial score (nSPS) is 28.2. The first-order valence-corrected chi connectivity index (χ1v) is 17.6. The lowest BCUT2D eigenvalue weighted by molar-refractivity contribution is -0.139. The summed E-state index contributed by atoms with van der Waals surface area (Å²) in [5.74, 6) is -0.290. The molecule has 0 aromatic carbocycles. The summed E-state index contributed by atoms with van der Waals surface area (Å²) >= 11 is 0. The van der Waals surface area contributed by atoms with E-state index in [0.29, 0.717) is 18.4 Å². The van der Waals surface area contributed by atoms with Crippen LogP contribution in [0.2, 0.25) is 0 Å². The second-order valence-corrected chi connectivity index (χ2v) is 13.3. The number of aliphatic hydroxyl groups is 3. The minimum Gasteiger partial charge on any atom is -0.455 e. The highest BCUT2D eigenvalue weighted by Gasteiger charge is 2.40. The Hall–Kier alpha value is -0.990. The maximum Gasteiger partial charge on any atom is 0.334 e. The van der Waals surface area contributed by atoms with Crippen LogP contribution < -0.4 is 0 Å². The summed E-state index contributed by atoms with van der Waals surface area (Å²) in [6.45, 7) is 4.08. The molecule has 2 fully saturated rings. The van der Waals surface area contributed by atoms with Gasteiger partial charge in [-0.25, -0.2) is 4.79 Å². The standard InChI is InChI=1S/C35H62O7/c1-3-4-5-6-7-8-12-15-18-29(37)31-20-22-33(41-31)34-23-21-32(42-34)30(38)19-16-13-10-9-11-14-17-28(36)25-27-24-26(2)40-35(27)39/h24,26,28-34,36-38H,3-23,25H2,1-2H3/t26?,28-,29+,30-,31+,32-,33+,34-/m1/s1. The Labute approximate surface area is 255 Å². The quantitative estimate of drug-likeness (QED) is 0.0858. The van der Waals surface area contributed by atoms with E-state index in [4.69, 9.17) is 14.2 Å². The summed E-state index contributed by atoms with van der Waals surface area (Å²) in [4.78, 5) is 11.7. The number of aliphatic hydroxyl groups excluding tert-OH is 3. The highest BCUT2D eigenvalue weighted by atomic mass is 16.6. The van der Waals surface area contributed by atoms with Gasteiger partial charge in [-0.05, 0) is 57.9 Å². The number of hydrogen-bond donors (Lipinski definition) is 3. The van der Waals surface area contributed by atoms with Gasteiger partial charge in [0.05, 0.1) is 42.7 Å². The summed E-state index contributed by atoms with van der Waals surface area (Å²) in [7, 11) is 0. The number of unbranched alkanes of at least 4 members (excludes halogenated alkanes) is 12. The zero-order chi connectivity index (χ0) is 30.2. The van der Waals surface area contributed by atoms with Gasteiger partial charge in [-0.3, -0.25) is 0 Å². The van der Waals surface area contributed by atoms with Gasteiger partial charge < -0.3 is 29.5 Å². The first-order valence-electron chi connectivity index (χ1n) is 17.6. The predicted molar refractivity (Wildman–Crippen MR) is 166 cm³/mol. The van der Waals surface area contributed by atoms with Crippen LogP contribution in [0, 0.1) is 0 Å². The van der Waals surface area contributed by atoms with Gasteiger partial charge in [0.25, 0.3) is 0 Å². The lowest BCUT2D eigenvalue weighted by atomic mass is 10.00. The molecular formula is C35H62O7. The molecule has 0 amide bonds. The van der Waals surface area contributed by atoms with Crippen LogP contribution in [0.3, 0.4) is 0 Å². The fourth-order valence-corrected chi connectivity index (χ4v) is 6.93. The first-order chi connectivity index (χ1) is 20.4. The van der Waals surface area contributed by atoms with Crippen molar-refractivity contribution in [1.29, 1.82) is 0 Å². The van der Waals surface area contributed by atoms with Gasteiger partial charge in [0.1, 0.15) is 6.10 Å². The lowest BCUT2D eigenvalue weighted by Crippen LogP contribution is -2.33. The van der Waals surface area contributed by atoms with Gasteiger partial charge >= 0.3 is 5.97 Å². The van der Waals surface area contributed by atoms with Crippen molar-refractivity contribution in [3.05, 3.63) is 11.6 Å². The van der Waals surface area contributed by atoms with Gasteiger partial charge in [-0.15, -0.1) is 0 Å². The van der Waals surface area contributed by atoms with Crippen molar-refractivity contribution in [2.75, 3.05) is 0 Å². The predicted octanol–water partition coefficient (Wildman–Crippen LogP) is 7.08. The molecule has 0 aromatic rings. The van der Waals surface area contributed by atoms with Gasteiger partial charge in [-0.2, -0.15) is 0 Å². The largest absolute Gasteiger partial charge is 0.455 e. The van der Waals surface area contributed by atoms with Crippen molar-refractivity contribution < 1.29 is 34.3 Å². The van der Waals surface area contributed by atoms with E-state index in [1.54, 1.807) is 6.08 Å². The van der Waals surface area contributed by atoms with Crippen LogP contribution in [0.25, 0.3) is 0 Å². The Morgan fingerprint density at radius 2 is 1.14 bits per heavy atom. The highest BCUT2D eigenvalue weighted by Crippen LogP contribution is 2.34. The minimum atomic E-state index is -0.482. The van der Waals surface area contributed by atoms with Crippen LogP contribution in [-0.2, 0) is 19.0 Å². The molecule has 0 saturated carbocycles. The molecule has 0 aliphatic carbocycles. The van der Waals surface area contributed by atoms with Crippen molar-refractivity contribution in [2.45, 2.75) is 204 Å². The molecule has 8 atom stereocenters. The van der Waals surface area contributed by atoms with Crippen molar-refractivity contribution in [2.24, 2.45) is 0 Å².